The van der Waals surface area contributed by atoms with Gasteiger partial charge in [0.05, 0.1) is 18.2 Å². The Morgan fingerprint density at radius 1 is 1.53 bits per heavy atom. The number of ether oxygens (including phenoxy) is 1. The van der Waals surface area contributed by atoms with Gasteiger partial charge in [0.1, 0.15) is 5.82 Å². The number of nitrogens with one attached hydrogen (secondary N) is 1. The number of hydrogen-bond acceptors (Lipinski definition) is 2. The molecule has 1 N–H and O–H groups in total. The average Bonchev–Trinajstić information content (AvgIpc) is 2.34. The van der Waals surface area contributed by atoms with Gasteiger partial charge in [-0.1, -0.05) is 0 Å². The van der Waals surface area contributed by atoms with E-state index in [4.69, 9.17) is 4.74 Å². The standard InChI is InChI=1S/C12H13FINO2/c13-9-3-4-11(10(14)6-9)15-12(16)8-2-1-5-17-7-8/h3-4,6,8H,1-2,5,7H2,(H,15,16)/t8-/m1/s1. The van der Waals surface area contributed by atoms with Crippen LogP contribution in [0.5, 0.6) is 0 Å². The van der Waals surface area contributed by atoms with Crippen LogP contribution in [0.1, 0.15) is 12.8 Å². The van der Waals surface area contributed by atoms with E-state index in [1.165, 1.54) is 12.1 Å². The zero-order chi connectivity index (χ0) is 12.3. The summed E-state index contributed by atoms with van der Waals surface area (Å²) in [5, 5.41) is 2.81. The van der Waals surface area contributed by atoms with Crippen LogP contribution in [-0.2, 0) is 9.53 Å². The largest absolute Gasteiger partial charge is 0.381 e. The van der Waals surface area contributed by atoms with Crippen molar-refractivity contribution < 1.29 is 13.9 Å². The van der Waals surface area contributed by atoms with E-state index in [2.05, 4.69) is 5.32 Å². The Labute approximate surface area is 113 Å². The third-order valence-corrected chi connectivity index (χ3v) is 3.61. The number of hydrogen-bond donors (Lipinski definition) is 1. The Bertz CT molecular complexity index is 419. The lowest BCUT2D eigenvalue weighted by Crippen LogP contribution is -2.30. The van der Waals surface area contributed by atoms with Crippen molar-refractivity contribution in [3.63, 3.8) is 0 Å². The Kier molecular flexibility index (Phi) is 4.33. The fourth-order valence-electron chi connectivity index (χ4n) is 1.77. The van der Waals surface area contributed by atoms with Crippen LogP contribution in [-0.4, -0.2) is 19.1 Å². The SMILES string of the molecule is O=C(Nc1ccc(F)cc1I)[C@@H]1CCCOC1. The third kappa shape index (κ3) is 3.38. The van der Waals surface area contributed by atoms with E-state index in [1.807, 2.05) is 22.6 Å². The van der Waals surface area contributed by atoms with E-state index in [0.717, 1.165) is 19.4 Å². The second-order valence-corrected chi connectivity index (χ2v) is 5.19. The maximum absolute atomic E-state index is 12.9. The first-order chi connectivity index (χ1) is 8.16. The van der Waals surface area contributed by atoms with Crippen LogP contribution in [0.2, 0.25) is 0 Å². The van der Waals surface area contributed by atoms with E-state index in [-0.39, 0.29) is 17.6 Å². The first-order valence-electron chi connectivity index (χ1n) is 5.50. The van der Waals surface area contributed by atoms with Crippen LogP contribution in [0, 0.1) is 15.3 Å². The van der Waals surface area contributed by atoms with Gasteiger partial charge in [-0.3, -0.25) is 4.79 Å². The monoisotopic (exact) mass is 349 g/mol. The van der Waals surface area contributed by atoms with Crippen molar-refractivity contribution in [3.8, 4) is 0 Å². The van der Waals surface area contributed by atoms with Crippen LogP contribution < -0.4 is 5.32 Å². The molecule has 1 aromatic carbocycles. The highest BCUT2D eigenvalue weighted by Gasteiger charge is 2.22. The smallest absolute Gasteiger partial charge is 0.229 e. The summed E-state index contributed by atoms with van der Waals surface area (Å²) in [5.74, 6) is -0.438. The molecule has 0 aliphatic carbocycles. The molecular formula is C12H13FINO2. The molecule has 1 aromatic rings. The fraction of sp³-hybridized carbons (Fsp3) is 0.417. The van der Waals surface area contributed by atoms with Crippen molar-refractivity contribution in [2.45, 2.75) is 12.8 Å². The lowest BCUT2D eigenvalue weighted by molar-refractivity contribution is -0.123. The van der Waals surface area contributed by atoms with Gasteiger partial charge in [-0.05, 0) is 53.6 Å². The van der Waals surface area contributed by atoms with Crippen LogP contribution in [0.25, 0.3) is 0 Å². The van der Waals surface area contributed by atoms with Crippen LogP contribution in [0.4, 0.5) is 10.1 Å². The molecule has 17 heavy (non-hydrogen) atoms. The van der Waals surface area contributed by atoms with Gasteiger partial charge in [0.2, 0.25) is 5.91 Å². The molecule has 1 heterocycles. The van der Waals surface area contributed by atoms with E-state index < -0.39 is 0 Å². The van der Waals surface area contributed by atoms with Crippen molar-refractivity contribution in [1.29, 1.82) is 0 Å². The average molecular weight is 349 g/mol. The number of carbonyl (C=O) groups excluding carboxylic acids is 1. The molecule has 1 saturated heterocycles. The topological polar surface area (TPSA) is 38.3 Å². The first kappa shape index (κ1) is 12.8. The van der Waals surface area contributed by atoms with Crippen LogP contribution in [0.3, 0.4) is 0 Å². The maximum Gasteiger partial charge on any atom is 0.229 e. The number of halogens is 2. The molecule has 3 nitrogen and oxygen atoms in total. The normalized spacial score (nSPS) is 20.0. The number of carbonyl (C=O) groups is 1. The molecule has 0 unspecified atom stereocenters. The Morgan fingerprint density at radius 2 is 2.35 bits per heavy atom. The number of anilines is 1. The highest BCUT2D eigenvalue weighted by molar-refractivity contribution is 14.1. The summed E-state index contributed by atoms with van der Waals surface area (Å²) < 4.78 is 18.9. The van der Waals surface area contributed by atoms with Crippen molar-refractivity contribution >= 4 is 34.2 Å². The zero-order valence-corrected chi connectivity index (χ0v) is 11.4. The molecular weight excluding hydrogens is 336 g/mol. The summed E-state index contributed by atoms with van der Waals surface area (Å²) in [5.41, 5.74) is 0.655. The second kappa shape index (κ2) is 5.77. The molecule has 1 amide bonds. The molecule has 2 rings (SSSR count). The molecule has 92 valence electrons. The minimum atomic E-state index is -0.298. The van der Waals surface area contributed by atoms with Crippen molar-refractivity contribution in [3.05, 3.63) is 27.6 Å². The lowest BCUT2D eigenvalue weighted by atomic mass is 10.0. The predicted octanol–water partition coefficient (Wildman–Crippen LogP) is 2.80. The van der Waals surface area contributed by atoms with Crippen LogP contribution in [0.15, 0.2) is 18.2 Å². The summed E-state index contributed by atoms with van der Waals surface area (Å²) in [6.45, 7) is 1.21. The van der Waals surface area contributed by atoms with Crippen molar-refractivity contribution in [1.82, 2.24) is 0 Å². The summed E-state index contributed by atoms with van der Waals surface area (Å²) >= 11 is 2.00. The lowest BCUT2D eigenvalue weighted by Gasteiger charge is -2.21. The van der Waals surface area contributed by atoms with Gasteiger partial charge in [-0.25, -0.2) is 4.39 Å². The molecule has 1 aliphatic heterocycles. The van der Waals surface area contributed by atoms with Crippen molar-refractivity contribution in [2.24, 2.45) is 5.92 Å². The molecule has 0 bridgehead atoms. The van der Waals surface area contributed by atoms with Gasteiger partial charge < -0.3 is 10.1 Å². The minimum absolute atomic E-state index is 0.0470. The molecule has 1 fully saturated rings. The van der Waals surface area contributed by atoms with Gasteiger partial charge in [-0.15, -0.1) is 0 Å². The highest BCUT2D eigenvalue weighted by Crippen LogP contribution is 2.21. The Hall–Kier alpha value is -0.690. The van der Waals surface area contributed by atoms with Crippen LogP contribution >= 0.6 is 22.6 Å². The summed E-state index contributed by atoms with van der Waals surface area (Å²) in [4.78, 5) is 11.9. The van der Waals surface area contributed by atoms with Gasteiger partial charge in [0.15, 0.2) is 0 Å². The van der Waals surface area contributed by atoms with E-state index >= 15 is 0 Å². The minimum Gasteiger partial charge on any atom is -0.381 e. The predicted molar refractivity (Wildman–Crippen MR) is 71.3 cm³/mol. The number of amides is 1. The molecule has 1 atom stereocenters. The fourth-order valence-corrected chi connectivity index (χ4v) is 2.39. The van der Waals surface area contributed by atoms with Crippen molar-refractivity contribution in [2.75, 3.05) is 18.5 Å². The number of benzene rings is 1. The highest BCUT2D eigenvalue weighted by atomic mass is 127. The summed E-state index contributed by atoms with van der Waals surface area (Å²) in [7, 11) is 0. The van der Waals surface area contributed by atoms with Gasteiger partial charge >= 0.3 is 0 Å². The van der Waals surface area contributed by atoms with Gasteiger partial charge in [0.25, 0.3) is 0 Å². The molecule has 0 radical (unpaired) electrons. The summed E-state index contributed by atoms with van der Waals surface area (Å²) in [6, 6.07) is 4.32. The Morgan fingerprint density at radius 3 is 3.00 bits per heavy atom. The summed E-state index contributed by atoms with van der Waals surface area (Å²) in [6.07, 6.45) is 1.77. The molecule has 0 aromatic heterocycles. The van der Waals surface area contributed by atoms with Gasteiger partial charge in [-0.2, -0.15) is 0 Å². The first-order valence-corrected chi connectivity index (χ1v) is 6.58. The molecule has 0 spiro atoms. The molecule has 1 aliphatic rings. The quantitative estimate of drug-likeness (QED) is 0.834. The zero-order valence-electron chi connectivity index (χ0n) is 9.21. The Balaban J connectivity index is 2.02. The third-order valence-electron chi connectivity index (χ3n) is 2.72. The number of rotatable bonds is 2. The molecule has 5 heteroatoms. The van der Waals surface area contributed by atoms with Gasteiger partial charge in [0, 0.05) is 10.2 Å². The maximum atomic E-state index is 12.9. The van der Waals surface area contributed by atoms with E-state index in [1.54, 1.807) is 6.07 Å². The molecule has 0 saturated carbocycles. The second-order valence-electron chi connectivity index (χ2n) is 4.03. The van der Waals surface area contributed by atoms with E-state index in [9.17, 15) is 9.18 Å². The van der Waals surface area contributed by atoms with E-state index in [0.29, 0.717) is 15.9 Å².